The highest BCUT2D eigenvalue weighted by Crippen LogP contribution is 2.32. The molecule has 0 radical (unpaired) electrons. The van der Waals surface area contributed by atoms with Crippen molar-refractivity contribution in [1.29, 1.82) is 0 Å². The van der Waals surface area contributed by atoms with Crippen LogP contribution in [0.2, 0.25) is 0 Å². The molecule has 0 aliphatic carbocycles. The minimum absolute atomic E-state index is 0.149. The number of aromatic nitrogens is 1. The fourth-order valence-electron chi connectivity index (χ4n) is 5.13. The lowest BCUT2D eigenvalue weighted by Crippen LogP contribution is -2.48. The summed E-state index contributed by atoms with van der Waals surface area (Å²) in [6.07, 6.45) is 2.21. The van der Waals surface area contributed by atoms with Gasteiger partial charge in [-0.15, -0.1) is 0 Å². The first-order valence-corrected chi connectivity index (χ1v) is 10.6. The Morgan fingerprint density at radius 3 is 2.69 bits per heavy atom. The Balaban J connectivity index is 1.36. The van der Waals surface area contributed by atoms with E-state index in [1.54, 1.807) is 0 Å². The van der Waals surface area contributed by atoms with Gasteiger partial charge in [0.25, 0.3) is 5.91 Å². The third-order valence-corrected chi connectivity index (χ3v) is 6.68. The summed E-state index contributed by atoms with van der Waals surface area (Å²) in [7, 11) is 1.99. The molecule has 0 bridgehead atoms. The normalized spacial score (nSPS) is 24.9. The molecule has 3 unspecified atom stereocenters. The number of carbonyl (C=O) groups is 1. The van der Waals surface area contributed by atoms with E-state index in [0.717, 1.165) is 49.1 Å². The van der Waals surface area contributed by atoms with Gasteiger partial charge in [0, 0.05) is 49.5 Å². The van der Waals surface area contributed by atoms with Crippen LogP contribution in [-0.4, -0.2) is 41.1 Å². The number of nitrogens with zero attached hydrogens (tertiary/aromatic N) is 2. The number of piperidine rings is 1. The Hall–Kier alpha value is -2.63. The van der Waals surface area contributed by atoms with Crippen molar-refractivity contribution in [3.8, 4) is 0 Å². The lowest BCUT2D eigenvalue weighted by atomic mass is 9.81. The van der Waals surface area contributed by atoms with Crippen molar-refractivity contribution in [3.63, 3.8) is 0 Å². The number of aryl methyl sites for hydroxylation is 1. The van der Waals surface area contributed by atoms with Crippen LogP contribution in [0.4, 0.5) is 0 Å². The number of likely N-dealkylation sites (tertiary alicyclic amines) is 1. The van der Waals surface area contributed by atoms with E-state index >= 15 is 0 Å². The van der Waals surface area contributed by atoms with Crippen molar-refractivity contribution < 1.29 is 4.79 Å². The summed E-state index contributed by atoms with van der Waals surface area (Å²) in [5.41, 5.74) is 10.1. The Morgan fingerprint density at radius 2 is 1.86 bits per heavy atom. The zero-order chi connectivity index (χ0) is 19.8. The maximum atomic E-state index is 13.4. The van der Waals surface area contributed by atoms with Gasteiger partial charge in [-0.05, 0) is 36.5 Å². The predicted octanol–water partition coefficient (Wildman–Crippen LogP) is 3.29. The number of carbonyl (C=O) groups excluding carboxylic acids is 1. The maximum absolute atomic E-state index is 13.4. The Kier molecular flexibility index (Phi) is 4.86. The standard InChI is InChI=1S/C24H28N4O/c1-27-21-12-6-5-10-18(21)14-22(27)24(29)28-13-7-11-19(16-28)23-20(15-25-26-23)17-8-3-2-4-9-17/h2-6,8-10,12,14,19-20,23,25-26H,7,11,13,15-16H2,1H3. The van der Waals surface area contributed by atoms with Crippen LogP contribution in [0, 0.1) is 5.92 Å². The number of hydrogen-bond acceptors (Lipinski definition) is 3. The van der Waals surface area contributed by atoms with Crippen molar-refractivity contribution in [2.75, 3.05) is 19.6 Å². The first-order chi connectivity index (χ1) is 14.2. The molecule has 2 N–H and O–H groups in total. The first kappa shape index (κ1) is 18.4. The van der Waals surface area contributed by atoms with Gasteiger partial charge < -0.3 is 9.47 Å². The number of hydrazine groups is 1. The smallest absolute Gasteiger partial charge is 0.270 e. The molecule has 3 heterocycles. The molecule has 2 aliphatic rings. The van der Waals surface area contributed by atoms with E-state index in [4.69, 9.17) is 0 Å². The molecule has 5 rings (SSSR count). The van der Waals surface area contributed by atoms with E-state index in [1.807, 2.05) is 29.8 Å². The van der Waals surface area contributed by atoms with Crippen LogP contribution in [0.5, 0.6) is 0 Å². The number of nitrogens with one attached hydrogen (secondary N) is 2. The van der Waals surface area contributed by atoms with Gasteiger partial charge in [-0.3, -0.25) is 15.6 Å². The van der Waals surface area contributed by atoms with Crippen LogP contribution in [0.25, 0.3) is 10.9 Å². The summed E-state index contributed by atoms with van der Waals surface area (Å²) in [6, 6.07) is 21.3. The number of hydrogen-bond donors (Lipinski definition) is 2. The molecule has 29 heavy (non-hydrogen) atoms. The van der Waals surface area contributed by atoms with E-state index in [1.165, 1.54) is 5.56 Å². The molecular formula is C24H28N4O. The van der Waals surface area contributed by atoms with E-state index in [-0.39, 0.29) is 5.91 Å². The number of rotatable bonds is 3. The molecule has 2 fully saturated rings. The van der Waals surface area contributed by atoms with Gasteiger partial charge in [0.2, 0.25) is 0 Å². The second kappa shape index (κ2) is 7.65. The third kappa shape index (κ3) is 3.34. The Bertz CT molecular complexity index is 1010. The Morgan fingerprint density at radius 1 is 1.07 bits per heavy atom. The second-order valence-corrected chi connectivity index (χ2v) is 8.37. The summed E-state index contributed by atoms with van der Waals surface area (Å²) < 4.78 is 2.03. The topological polar surface area (TPSA) is 49.3 Å². The van der Waals surface area contributed by atoms with Gasteiger partial charge in [0.15, 0.2) is 0 Å². The average molecular weight is 389 g/mol. The molecule has 5 nitrogen and oxygen atoms in total. The Labute approximate surface area is 171 Å². The predicted molar refractivity (Wildman–Crippen MR) is 116 cm³/mol. The van der Waals surface area contributed by atoms with Crippen molar-refractivity contribution in [1.82, 2.24) is 20.3 Å². The summed E-state index contributed by atoms with van der Waals surface area (Å²) in [5.74, 6) is 1.03. The number of para-hydroxylation sites is 1. The number of fused-ring (bicyclic) bond motifs is 1. The average Bonchev–Trinajstić information content (AvgIpc) is 3.39. The van der Waals surface area contributed by atoms with Crippen LogP contribution in [0.15, 0.2) is 60.7 Å². The summed E-state index contributed by atoms with van der Waals surface area (Å²) in [5, 5.41) is 1.12. The fourth-order valence-corrected chi connectivity index (χ4v) is 5.13. The van der Waals surface area contributed by atoms with E-state index in [9.17, 15) is 4.79 Å². The molecule has 2 aliphatic heterocycles. The molecule has 2 aromatic carbocycles. The molecule has 0 spiro atoms. The lowest BCUT2D eigenvalue weighted by Gasteiger charge is -2.37. The fraction of sp³-hybridized carbons (Fsp3) is 0.375. The highest BCUT2D eigenvalue weighted by molar-refractivity contribution is 5.98. The van der Waals surface area contributed by atoms with Gasteiger partial charge in [0.05, 0.1) is 0 Å². The van der Waals surface area contributed by atoms with Crippen molar-refractivity contribution in [2.24, 2.45) is 13.0 Å². The lowest BCUT2D eigenvalue weighted by molar-refractivity contribution is 0.0635. The first-order valence-electron chi connectivity index (χ1n) is 10.6. The molecule has 3 aromatic rings. The van der Waals surface area contributed by atoms with Crippen molar-refractivity contribution >= 4 is 16.8 Å². The van der Waals surface area contributed by atoms with Crippen LogP contribution < -0.4 is 10.9 Å². The maximum Gasteiger partial charge on any atom is 0.270 e. The molecule has 5 heteroatoms. The summed E-state index contributed by atoms with van der Waals surface area (Å²) in [4.78, 5) is 15.4. The minimum atomic E-state index is 0.149. The highest BCUT2D eigenvalue weighted by Gasteiger charge is 2.38. The summed E-state index contributed by atoms with van der Waals surface area (Å²) in [6.45, 7) is 2.58. The molecule has 1 amide bonds. The van der Waals surface area contributed by atoms with Gasteiger partial charge in [0.1, 0.15) is 5.69 Å². The second-order valence-electron chi connectivity index (χ2n) is 8.37. The van der Waals surface area contributed by atoms with Crippen molar-refractivity contribution in [2.45, 2.75) is 24.8 Å². The molecular weight excluding hydrogens is 360 g/mol. The van der Waals surface area contributed by atoms with Crippen LogP contribution in [0.3, 0.4) is 0 Å². The van der Waals surface area contributed by atoms with Crippen LogP contribution in [0.1, 0.15) is 34.8 Å². The van der Waals surface area contributed by atoms with Gasteiger partial charge >= 0.3 is 0 Å². The largest absolute Gasteiger partial charge is 0.340 e. The molecule has 150 valence electrons. The quantitative estimate of drug-likeness (QED) is 0.724. The van der Waals surface area contributed by atoms with Gasteiger partial charge in [-0.1, -0.05) is 48.5 Å². The van der Waals surface area contributed by atoms with E-state index in [0.29, 0.717) is 17.9 Å². The third-order valence-electron chi connectivity index (χ3n) is 6.68. The van der Waals surface area contributed by atoms with Gasteiger partial charge in [-0.25, -0.2) is 0 Å². The van der Waals surface area contributed by atoms with Crippen molar-refractivity contribution in [3.05, 3.63) is 71.9 Å². The monoisotopic (exact) mass is 388 g/mol. The molecule has 1 aromatic heterocycles. The van der Waals surface area contributed by atoms with Crippen LogP contribution in [-0.2, 0) is 7.05 Å². The number of amides is 1. The van der Waals surface area contributed by atoms with E-state index < -0.39 is 0 Å². The van der Waals surface area contributed by atoms with Gasteiger partial charge in [-0.2, -0.15) is 0 Å². The molecule has 2 saturated heterocycles. The SMILES string of the molecule is Cn1c(C(=O)N2CCCC(C3NNCC3c3ccccc3)C2)cc2ccccc21. The van der Waals surface area contributed by atoms with E-state index in [2.05, 4.69) is 58.2 Å². The number of benzene rings is 2. The molecule has 3 atom stereocenters. The highest BCUT2D eigenvalue weighted by atomic mass is 16.2. The summed E-state index contributed by atoms with van der Waals surface area (Å²) >= 11 is 0. The van der Waals surface area contributed by atoms with Crippen LogP contribution >= 0.6 is 0 Å². The molecule has 0 saturated carbocycles. The minimum Gasteiger partial charge on any atom is -0.340 e. The zero-order valence-corrected chi connectivity index (χ0v) is 16.8. The zero-order valence-electron chi connectivity index (χ0n) is 16.8.